The second kappa shape index (κ2) is 8.18. The lowest BCUT2D eigenvalue weighted by Crippen LogP contribution is -2.50. The van der Waals surface area contributed by atoms with E-state index in [0.29, 0.717) is 31.1 Å². The Bertz CT molecular complexity index is 728. The predicted molar refractivity (Wildman–Crippen MR) is 100.0 cm³/mol. The summed E-state index contributed by atoms with van der Waals surface area (Å²) in [4.78, 5) is 18.8. The first-order chi connectivity index (χ1) is 12.2. The second-order valence-electron chi connectivity index (χ2n) is 7.27. The van der Waals surface area contributed by atoms with E-state index >= 15 is 0 Å². The molecule has 0 bridgehead atoms. The first-order valence-corrected chi connectivity index (χ1v) is 9.06. The van der Waals surface area contributed by atoms with Crippen molar-refractivity contribution in [2.75, 3.05) is 19.6 Å². The number of carbonyl (C=O) groups excluding carboxylic acids is 1. The van der Waals surface area contributed by atoms with Gasteiger partial charge < -0.3 is 14.7 Å². The Balaban J connectivity index is 0.00000196. The zero-order chi connectivity index (χ0) is 17.1. The summed E-state index contributed by atoms with van der Waals surface area (Å²) in [5.41, 5.74) is 1.41. The highest BCUT2D eigenvalue weighted by Crippen LogP contribution is 2.38. The summed E-state index contributed by atoms with van der Waals surface area (Å²) in [7, 11) is 0. The molecule has 7 heteroatoms. The molecule has 1 aromatic carbocycles. The Morgan fingerprint density at radius 3 is 2.69 bits per heavy atom. The van der Waals surface area contributed by atoms with Crippen LogP contribution in [0.5, 0.6) is 0 Å². The van der Waals surface area contributed by atoms with E-state index in [2.05, 4.69) is 15.5 Å². The molecule has 140 valence electrons. The molecule has 2 aliphatic rings. The van der Waals surface area contributed by atoms with E-state index in [4.69, 9.17) is 4.52 Å². The molecule has 2 fully saturated rings. The number of halogens is 1. The first kappa shape index (κ1) is 18.9. The number of amides is 1. The minimum Gasteiger partial charge on any atom is -0.339 e. The van der Waals surface area contributed by atoms with E-state index in [1.807, 2.05) is 35.2 Å². The minimum absolute atomic E-state index is 0. The van der Waals surface area contributed by atoms with Crippen molar-refractivity contribution in [2.45, 2.75) is 38.6 Å². The summed E-state index contributed by atoms with van der Waals surface area (Å²) in [6, 6.07) is 10.1. The maximum absolute atomic E-state index is 12.3. The number of piperidine rings is 2. The Morgan fingerprint density at radius 1 is 1.15 bits per heavy atom. The van der Waals surface area contributed by atoms with Gasteiger partial charge in [0.1, 0.15) is 0 Å². The number of hydrogen-bond acceptors (Lipinski definition) is 5. The number of carbonyl (C=O) groups is 1. The van der Waals surface area contributed by atoms with Crippen LogP contribution in [0, 0.1) is 5.41 Å². The van der Waals surface area contributed by atoms with Crippen LogP contribution in [0.15, 0.2) is 34.9 Å². The van der Waals surface area contributed by atoms with Gasteiger partial charge in [0.25, 0.3) is 0 Å². The lowest BCUT2D eigenvalue weighted by molar-refractivity contribution is -0.139. The van der Waals surface area contributed by atoms with Crippen LogP contribution in [0.3, 0.4) is 0 Å². The molecule has 1 amide bonds. The average Bonchev–Trinajstić information content (AvgIpc) is 3.07. The molecule has 1 spiro atoms. The van der Waals surface area contributed by atoms with Crippen molar-refractivity contribution in [3.63, 3.8) is 0 Å². The fourth-order valence-corrected chi connectivity index (χ4v) is 3.98. The number of aromatic nitrogens is 2. The smallest absolute Gasteiger partial charge is 0.231 e. The molecule has 2 saturated heterocycles. The lowest BCUT2D eigenvalue weighted by atomic mass is 9.73. The van der Waals surface area contributed by atoms with Crippen LogP contribution in [0.1, 0.15) is 43.0 Å². The fourth-order valence-electron chi connectivity index (χ4n) is 3.98. The van der Waals surface area contributed by atoms with Crippen molar-refractivity contribution in [2.24, 2.45) is 5.41 Å². The molecule has 3 heterocycles. The van der Waals surface area contributed by atoms with Crippen LogP contribution < -0.4 is 5.32 Å². The minimum atomic E-state index is 0. The molecule has 1 aromatic heterocycles. The highest BCUT2D eigenvalue weighted by molar-refractivity contribution is 5.85. The topological polar surface area (TPSA) is 71.3 Å². The van der Waals surface area contributed by atoms with Crippen molar-refractivity contribution < 1.29 is 9.32 Å². The van der Waals surface area contributed by atoms with Gasteiger partial charge in [-0.1, -0.05) is 35.5 Å². The maximum atomic E-state index is 12.3. The number of likely N-dealkylation sites (tertiary alicyclic amines) is 1. The average molecular weight is 377 g/mol. The quantitative estimate of drug-likeness (QED) is 0.887. The van der Waals surface area contributed by atoms with Crippen molar-refractivity contribution in [1.82, 2.24) is 20.4 Å². The molecule has 26 heavy (non-hydrogen) atoms. The normalized spacial score (nSPS) is 19.4. The van der Waals surface area contributed by atoms with E-state index in [1.54, 1.807) is 0 Å². The molecule has 4 rings (SSSR count). The molecule has 0 radical (unpaired) electrons. The van der Waals surface area contributed by atoms with Crippen LogP contribution in [0.4, 0.5) is 0 Å². The summed E-state index contributed by atoms with van der Waals surface area (Å²) in [6.45, 7) is 3.36. The van der Waals surface area contributed by atoms with Crippen LogP contribution in [-0.4, -0.2) is 40.6 Å². The molecular weight excluding hydrogens is 352 g/mol. The lowest BCUT2D eigenvalue weighted by Gasteiger charge is -2.44. The summed E-state index contributed by atoms with van der Waals surface area (Å²) in [6.07, 6.45) is 4.55. The van der Waals surface area contributed by atoms with Gasteiger partial charge in [-0.3, -0.25) is 4.79 Å². The number of rotatable bonds is 4. The van der Waals surface area contributed by atoms with Gasteiger partial charge in [0.2, 0.25) is 11.8 Å². The molecule has 1 N–H and O–H groups in total. The third kappa shape index (κ3) is 4.24. The second-order valence-corrected chi connectivity index (χ2v) is 7.27. The van der Waals surface area contributed by atoms with Crippen molar-refractivity contribution in [3.8, 4) is 0 Å². The zero-order valence-corrected chi connectivity index (χ0v) is 15.6. The van der Waals surface area contributed by atoms with Crippen LogP contribution in [0.25, 0.3) is 0 Å². The number of nitrogens with one attached hydrogen (secondary N) is 1. The highest BCUT2D eigenvalue weighted by Gasteiger charge is 2.39. The molecule has 0 atom stereocenters. The first-order valence-electron chi connectivity index (χ1n) is 9.06. The number of benzene rings is 1. The Labute approximate surface area is 159 Å². The van der Waals surface area contributed by atoms with E-state index in [9.17, 15) is 4.79 Å². The molecule has 0 saturated carbocycles. The molecule has 6 nitrogen and oxygen atoms in total. The van der Waals surface area contributed by atoms with Crippen LogP contribution in [0.2, 0.25) is 0 Å². The summed E-state index contributed by atoms with van der Waals surface area (Å²) < 4.78 is 5.37. The van der Waals surface area contributed by atoms with Gasteiger partial charge in [-0.25, -0.2) is 0 Å². The molecule has 2 aromatic rings. The fraction of sp³-hybridized carbons (Fsp3) is 0.526. The third-order valence-electron chi connectivity index (χ3n) is 5.45. The van der Waals surface area contributed by atoms with Gasteiger partial charge in [-0.15, -0.1) is 12.4 Å². The Morgan fingerprint density at radius 2 is 1.92 bits per heavy atom. The van der Waals surface area contributed by atoms with Gasteiger partial charge in [-0.2, -0.15) is 4.98 Å². The Hall–Kier alpha value is -1.92. The molecule has 0 aliphatic carbocycles. The van der Waals surface area contributed by atoms with Crippen molar-refractivity contribution in [3.05, 3.63) is 47.6 Å². The van der Waals surface area contributed by atoms with Crippen LogP contribution in [-0.2, 0) is 17.8 Å². The Kier molecular flexibility index (Phi) is 5.94. The van der Waals surface area contributed by atoms with E-state index in [-0.39, 0.29) is 23.7 Å². The highest BCUT2D eigenvalue weighted by atomic mass is 35.5. The monoisotopic (exact) mass is 376 g/mol. The van der Waals surface area contributed by atoms with E-state index in [0.717, 1.165) is 44.5 Å². The SMILES string of the molecule is Cl.O=C1CCC2(CCNCC2)CN1Cc1noc(Cc2ccccc2)n1. The van der Waals surface area contributed by atoms with Crippen molar-refractivity contribution in [1.29, 1.82) is 0 Å². The zero-order valence-electron chi connectivity index (χ0n) is 14.8. The third-order valence-corrected chi connectivity index (χ3v) is 5.45. The summed E-state index contributed by atoms with van der Waals surface area (Å²) >= 11 is 0. The predicted octanol–water partition coefficient (Wildman–Crippen LogP) is 2.57. The van der Waals surface area contributed by atoms with Gasteiger partial charge in [-0.05, 0) is 43.3 Å². The largest absolute Gasteiger partial charge is 0.339 e. The van der Waals surface area contributed by atoms with Crippen LogP contribution >= 0.6 is 12.4 Å². The van der Waals surface area contributed by atoms with Gasteiger partial charge in [0.15, 0.2) is 5.82 Å². The summed E-state index contributed by atoms with van der Waals surface area (Å²) in [5.74, 6) is 1.41. The number of nitrogens with zero attached hydrogens (tertiary/aromatic N) is 3. The molecule has 0 unspecified atom stereocenters. The maximum Gasteiger partial charge on any atom is 0.231 e. The molecule has 2 aliphatic heterocycles. The number of hydrogen-bond donors (Lipinski definition) is 1. The van der Waals surface area contributed by atoms with E-state index in [1.165, 1.54) is 0 Å². The molecular formula is C19H25ClN4O2. The van der Waals surface area contributed by atoms with Crippen molar-refractivity contribution >= 4 is 18.3 Å². The van der Waals surface area contributed by atoms with Gasteiger partial charge in [0.05, 0.1) is 13.0 Å². The summed E-state index contributed by atoms with van der Waals surface area (Å²) in [5, 5.41) is 7.50. The standard InChI is InChI=1S/C19H24N4O2.ClH/c24-18-6-7-19(8-10-20-11-9-19)14-23(18)13-16-21-17(25-22-16)12-15-4-2-1-3-5-15;/h1-5,20H,6-14H2;1H. The van der Waals surface area contributed by atoms with Gasteiger partial charge >= 0.3 is 0 Å². The van der Waals surface area contributed by atoms with Gasteiger partial charge in [0, 0.05) is 13.0 Å². The van der Waals surface area contributed by atoms with E-state index < -0.39 is 0 Å².